The summed E-state index contributed by atoms with van der Waals surface area (Å²) in [5.41, 5.74) is 2.25. The summed E-state index contributed by atoms with van der Waals surface area (Å²) in [4.78, 5) is 0. The van der Waals surface area contributed by atoms with Crippen LogP contribution in [0.4, 0.5) is 0 Å². The molecule has 1 aliphatic rings. The van der Waals surface area contributed by atoms with Gasteiger partial charge in [0, 0.05) is 0 Å². The van der Waals surface area contributed by atoms with Crippen LogP contribution in [0.1, 0.15) is 62.6 Å². The average Bonchev–Trinajstić information content (AvgIpc) is 2.46. The minimum atomic E-state index is 0.487. The van der Waals surface area contributed by atoms with Crippen LogP contribution in [0.5, 0.6) is 0 Å². The summed E-state index contributed by atoms with van der Waals surface area (Å²) >= 11 is 0. The Morgan fingerprint density at radius 3 is 2.40 bits per heavy atom. The Balaban J connectivity index is 2.37. The molecule has 2 nitrogen and oxygen atoms in total. The van der Waals surface area contributed by atoms with Crippen molar-refractivity contribution >= 4 is 0 Å². The van der Waals surface area contributed by atoms with Crippen LogP contribution < -0.4 is 0 Å². The first-order valence-electron chi connectivity index (χ1n) is 7.51. The van der Waals surface area contributed by atoms with E-state index in [-0.39, 0.29) is 0 Å². The van der Waals surface area contributed by atoms with Gasteiger partial charge in [-0.15, -0.1) is 0 Å². The first-order valence-corrected chi connectivity index (χ1v) is 7.51. The number of nitrogens with zero attached hydrogens (tertiary/aromatic N) is 2. The van der Waals surface area contributed by atoms with E-state index in [4.69, 9.17) is 5.26 Å². The fourth-order valence-electron chi connectivity index (χ4n) is 3.57. The van der Waals surface area contributed by atoms with Gasteiger partial charge in [-0.2, -0.15) is 10.5 Å². The lowest BCUT2D eigenvalue weighted by atomic mass is 9.67. The molecule has 0 aromatic heterocycles. The zero-order valence-corrected chi connectivity index (χ0v) is 12.6. The predicted molar refractivity (Wildman–Crippen MR) is 80.0 cm³/mol. The molecule has 0 bridgehead atoms. The lowest BCUT2D eigenvalue weighted by molar-refractivity contribution is 0.197. The van der Waals surface area contributed by atoms with E-state index in [0.717, 1.165) is 5.92 Å². The highest BCUT2D eigenvalue weighted by molar-refractivity contribution is 5.48. The summed E-state index contributed by atoms with van der Waals surface area (Å²) in [7, 11) is 0. The molecule has 1 saturated carbocycles. The van der Waals surface area contributed by atoms with Crippen molar-refractivity contribution in [3.8, 4) is 12.1 Å². The Bertz CT molecular complexity index is 560. The van der Waals surface area contributed by atoms with Crippen molar-refractivity contribution in [1.29, 1.82) is 10.5 Å². The van der Waals surface area contributed by atoms with E-state index >= 15 is 0 Å². The van der Waals surface area contributed by atoms with Gasteiger partial charge in [-0.1, -0.05) is 33.3 Å². The molecule has 104 valence electrons. The van der Waals surface area contributed by atoms with Gasteiger partial charge < -0.3 is 0 Å². The second-order valence-electron chi connectivity index (χ2n) is 6.46. The Labute approximate surface area is 122 Å². The summed E-state index contributed by atoms with van der Waals surface area (Å²) in [6.45, 7) is 6.91. The van der Waals surface area contributed by atoms with Crippen molar-refractivity contribution in [2.75, 3.05) is 0 Å². The summed E-state index contributed by atoms with van der Waals surface area (Å²) in [6.07, 6.45) is 3.77. The maximum Gasteiger partial charge on any atom is 0.101 e. The maximum atomic E-state index is 9.20. The molecule has 0 heterocycles. The third-order valence-electron chi connectivity index (χ3n) is 4.73. The van der Waals surface area contributed by atoms with E-state index in [9.17, 15) is 5.26 Å². The Hall–Kier alpha value is -1.80. The van der Waals surface area contributed by atoms with Gasteiger partial charge in [-0.05, 0) is 54.2 Å². The van der Waals surface area contributed by atoms with Gasteiger partial charge in [-0.3, -0.25) is 0 Å². The zero-order valence-electron chi connectivity index (χ0n) is 12.6. The second-order valence-corrected chi connectivity index (χ2v) is 6.46. The van der Waals surface area contributed by atoms with Crippen molar-refractivity contribution in [2.24, 2.45) is 17.8 Å². The first-order chi connectivity index (χ1) is 9.56. The van der Waals surface area contributed by atoms with E-state index < -0.39 is 0 Å². The molecule has 0 saturated heterocycles. The number of hydrogen-bond donors (Lipinski definition) is 0. The van der Waals surface area contributed by atoms with Gasteiger partial charge in [0.05, 0.1) is 11.1 Å². The fraction of sp³-hybridized carbons (Fsp3) is 0.556. The summed E-state index contributed by atoms with van der Waals surface area (Å²) in [5, 5.41) is 18.2. The zero-order chi connectivity index (χ0) is 14.7. The smallest absolute Gasteiger partial charge is 0.101 e. The number of benzene rings is 1. The highest BCUT2D eigenvalue weighted by Gasteiger charge is 2.31. The molecule has 2 rings (SSSR count). The van der Waals surface area contributed by atoms with Crippen LogP contribution in [0.15, 0.2) is 18.2 Å². The van der Waals surface area contributed by atoms with Gasteiger partial charge >= 0.3 is 0 Å². The molecule has 1 aliphatic carbocycles. The van der Waals surface area contributed by atoms with Crippen LogP contribution in [-0.4, -0.2) is 0 Å². The third kappa shape index (κ3) is 2.86. The monoisotopic (exact) mass is 266 g/mol. The van der Waals surface area contributed by atoms with Crippen molar-refractivity contribution < 1.29 is 0 Å². The van der Waals surface area contributed by atoms with Crippen LogP contribution in [0.3, 0.4) is 0 Å². The summed E-state index contributed by atoms with van der Waals surface area (Å²) in [5.74, 6) is 2.62. The Morgan fingerprint density at radius 2 is 1.80 bits per heavy atom. The Morgan fingerprint density at radius 1 is 1.10 bits per heavy atom. The molecule has 0 radical (unpaired) electrons. The lowest BCUT2D eigenvalue weighted by Gasteiger charge is -2.37. The normalized spacial score (nSPS) is 26.0. The molecular weight excluding hydrogens is 244 g/mol. The SMILES string of the molecule is CC(C)[C@@H]1CC[C@@H](C)C[C@H]1c1ccc(C#N)c(C#N)c1. The van der Waals surface area contributed by atoms with E-state index in [1.807, 2.05) is 12.1 Å². The molecule has 0 aliphatic heterocycles. The highest BCUT2D eigenvalue weighted by atomic mass is 14.4. The van der Waals surface area contributed by atoms with Crippen molar-refractivity contribution in [3.05, 3.63) is 34.9 Å². The van der Waals surface area contributed by atoms with Gasteiger partial charge in [0.25, 0.3) is 0 Å². The molecule has 0 N–H and O–H groups in total. The first kappa shape index (κ1) is 14.6. The van der Waals surface area contributed by atoms with Crippen molar-refractivity contribution in [3.63, 3.8) is 0 Å². The van der Waals surface area contributed by atoms with Crippen LogP contribution in [0.2, 0.25) is 0 Å². The quantitative estimate of drug-likeness (QED) is 0.785. The minimum absolute atomic E-state index is 0.487. The second kappa shape index (κ2) is 6.10. The van der Waals surface area contributed by atoms with Crippen LogP contribution in [0, 0.1) is 40.4 Å². The molecule has 0 amide bonds. The number of hydrogen-bond acceptors (Lipinski definition) is 2. The van der Waals surface area contributed by atoms with Crippen LogP contribution in [-0.2, 0) is 0 Å². The predicted octanol–water partition coefficient (Wildman–Crippen LogP) is 4.61. The van der Waals surface area contributed by atoms with Crippen molar-refractivity contribution in [1.82, 2.24) is 0 Å². The molecule has 1 aromatic rings. The molecule has 1 aromatic carbocycles. The molecule has 3 atom stereocenters. The fourth-order valence-corrected chi connectivity index (χ4v) is 3.57. The topological polar surface area (TPSA) is 47.6 Å². The van der Waals surface area contributed by atoms with E-state index in [2.05, 4.69) is 39.0 Å². The average molecular weight is 266 g/mol. The standard InChI is InChI=1S/C18H22N2/c1-12(2)17-7-4-13(3)8-18(17)14-5-6-15(10-19)16(9-14)11-20/h5-6,9,12-13,17-18H,4,7-8H2,1-3H3/t13-,17+,18+/m1/s1. The molecule has 0 spiro atoms. The molecule has 2 heteroatoms. The van der Waals surface area contributed by atoms with Crippen molar-refractivity contribution in [2.45, 2.75) is 46.0 Å². The maximum absolute atomic E-state index is 9.20. The summed E-state index contributed by atoms with van der Waals surface area (Å²) < 4.78 is 0. The van der Waals surface area contributed by atoms with Gasteiger partial charge in [0.15, 0.2) is 0 Å². The van der Waals surface area contributed by atoms with Gasteiger partial charge in [0.1, 0.15) is 12.1 Å². The van der Waals surface area contributed by atoms with E-state index in [0.29, 0.717) is 28.9 Å². The number of rotatable bonds is 2. The largest absolute Gasteiger partial charge is 0.192 e. The van der Waals surface area contributed by atoms with Gasteiger partial charge in [-0.25, -0.2) is 0 Å². The third-order valence-corrected chi connectivity index (χ3v) is 4.73. The molecule has 1 fully saturated rings. The van der Waals surface area contributed by atoms with Gasteiger partial charge in [0.2, 0.25) is 0 Å². The minimum Gasteiger partial charge on any atom is -0.192 e. The summed E-state index contributed by atoms with van der Waals surface area (Å²) in [6, 6.07) is 10.1. The van der Waals surface area contributed by atoms with E-state index in [1.165, 1.54) is 24.8 Å². The molecule has 20 heavy (non-hydrogen) atoms. The van der Waals surface area contributed by atoms with E-state index in [1.54, 1.807) is 0 Å². The highest BCUT2D eigenvalue weighted by Crippen LogP contribution is 2.44. The van der Waals surface area contributed by atoms with Crippen LogP contribution in [0.25, 0.3) is 0 Å². The molecular formula is C18H22N2. The Kier molecular flexibility index (Phi) is 4.46. The molecule has 0 unspecified atom stereocenters. The lowest BCUT2D eigenvalue weighted by Crippen LogP contribution is -2.26. The van der Waals surface area contributed by atoms with Crippen LogP contribution >= 0.6 is 0 Å². The number of nitriles is 2.